The molecule has 124 valence electrons. The Balaban J connectivity index is 1.87. The third-order valence-corrected chi connectivity index (χ3v) is 5.47. The standard InChI is InChI=1S/C19H38N2/c1-5-7-16-12-18(20-11-10-15(3)4)14-21(13-16)19(6-2)17-8-9-17/h15-20H,5-14H2,1-4H3. The van der Waals surface area contributed by atoms with Gasteiger partial charge in [0.1, 0.15) is 0 Å². The van der Waals surface area contributed by atoms with Crippen molar-refractivity contribution in [1.29, 1.82) is 0 Å². The average molecular weight is 295 g/mol. The Labute approximate surface area is 133 Å². The molecule has 0 radical (unpaired) electrons. The molecule has 1 N–H and O–H groups in total. The van der Waals surface area contributed by atoms with Crippen LogP contribution in [0.2, 0.25) is 0 Å². The molecule has 0 aromatic heterocycles. The summed E-state index contributed by atoms with van der Waals surface area (Å²) >= 11 is 0. The van der Waals surface area contributed by atoms with Gasteiger partial charge in [-0.25, -0.2) is 0 Å². The molecule has 2 fully saturated rings. The molecule has 1 aliphatic heterocycles. The summed E-state index contributed by atoms with van der Waals surface area (Å²) < 4.78 is 0. The lowest BCUT2D eigenvalue weighted by Gasteiger charge is -2.42. The number of piperidine rings is 1. The summed E-state index contributed by atoms with van der Waals surface area (Å²) in [7, 11) is 0. The predicted molar refractivity (Wildman–Crippen MR) is 92.6 cm³/mol. The van der Waals surface area contributed by atoms with Gasteiger partial charge < -0.3 is 5.32 Å². The molecule has 2 aliphatic rings. The van der Waals surface area contributed by atoms with E-state index in [0.29, 0.717) is 0 Å². The maximum atomic E-state index is 3.87. The Morgan fingerprint density at radius 2 is 1.90 bits per heavy atom. The molecule has 1 saturated carbocycles. The van der Waals surface area contributed by atoms with Crippen LogP contribution in [0.1, 0.15) is 72.6 Å². The van der Waals surface area contributed by atoms with Crippen molar-refractivity contribution in [2.45, 2.75) is 84.7 Å². The van der Waals surface area contributed by atoms with Crippen molar-refractivity contribution in [2.75, 3.05) is 19.6 Å². The van der Waals surface area contributed by atoms with E-state index in [2.05, 4.69) is 37.9 Å². The second-order valence-corrected chi connectivity index (χ2v) is 7.99. The van der Waals surface area contributed by atoms with E-state index < -0.39 is 0 Å². The predicted octanol–water partition coefficient (Wildman–Crippen LogP) is 4.30. The van der Waals surface area contributed by atoms with Gasteiger partial charge in [0.05, 0.1) is 0 Å². The summed E-state index contributed by atoms with van der Waals surface area (Å²) in [6, 6.07) is 1.61. The Bertz CT molecular complexity index is 285. The zero-order valence-corrected chi connectivity index (χ0v) is 14.9. The second-order valence-electron chi connectivity index (χ2n) is 7.99. The summed E-state index contributed by atoms with van der Waals surface area (Å²) in [6.45, 7) is 13.3. The van der Waals surface area contributed by atoms with Crippen LogP contribution in [0.3, 0.4) is 0 Å². The van der Waals surface area contributed by atoms with Crippen molar-refractivity contribution >= 4 is 0 Å². The molecule has 3 unspecified atom stereocenters. The number of hydrogen-bond donors (Lipinski definition) is 1. The highest BCUT2D eigenvalue weighted by atomic mass is 15.2. The quantitative estimate of drug-likeness (QED) is 0.682. The highest BCUT2D eigenvalue weighted by molar-refractivity contribution is 4.93. The molecule has 0 spiro atoms. The van der Waals surface area contributed by atoms with Gasteiger partial charge in [0, 0.05) is 25.2 Å². The van der Waals surface area contributed by atoms with Crippen molar-refractivity contribution in [3.63, 3.8) is 0 Å². The van der Waals surface area contributed by atoms with Crippen LogP contribution in [-0.4, -0.2) is 36.6 Å². The van der Waals surface area contributed by atoms with Crippen LogP contribution in [0.4, 0.5) is 0 Å². The van der Waals surface area contributed by atoms with Crippen molar-refractivity contribution in [1.82, 2.24) is 10.2 Å². The van der Waals surface area contributed by atoms with Gasteiger partial charge in [0.25, 0.3) is 0 Å². The van der Waals surface area contributed by atoms with E-state index in [-0.39, 0.29) is 0 Å². The number of nitrogens with one attached hydrogen (secondary N) is 1. The first-order valence-electron chi connectivity index (χ1n) is 9.61. The van der Waals surface area contributed by atoms with Gasteiger partial charge in [-0.1, -0.05) is 34.1 Å². The number of nitrogens with zero attached hydrogens (tertiary/aromatic N) is 1. The highest BCUT2D eigenvalue weighted by Crippen LogP contribution is 2.38. The van der Waals surface area contributed by atoms with Gasteiger partial charge >= 0.3 is 0 Å². The maximum Gasteiger partial charge on any atom is 0.0198 e. The van der Waals surface area contributed by atoms with E-state index in [1.54, 1.807) is 0 Å². The largest absolute Gasteiger partial charge is 0.313 e. The van der Waals surface area contributed by atoms with E-state index >= 15 is 0 Å². The van der Waals surface area contributed by atoms with E-state index in [0.717, 1.165) is 29.8 Å². The van der Waals surface area contributed by atoms with Gasteiger partial charge in [-0.3, -0.25) is 4.90 Å². The average Bonchev–Trinajstić information content (AvgIpc) is 3.24. The Hall–Kier alpha value is -0.0800. The van der Waals surface area contributed by atoms with Gasteiger partial charge in [0.15, 0.2) is 0 Å². The molecule has 1 heterocycles. The molecule has 2 rings (SSSR count). The zero-order valence-electron chi connectivity index (χ0n) is 14.9. The van der Waals surface area contributed by atoms with E-state index in [4.69, 9.17) is 0 Å². The molecule has 2 heteroatoms. The lowest BCUT2D eigenvalue weighted by Crippen LogP contribution is -2.53. The molecule has 2 nitrogen and oxygen atoms in total. The van der Waals surface area contributed by atoms with Crippen molar-refractivity contribution in [3.05, 3.63) is 0 Å². The molecule has 0 amide bonds. The van der Waals surface area contributed by atoms with E-state index in [9.17, 15) is 0 Å². The second kappa shape index (κ2) is 8.53. The summed E-state index contributed by atoms with van der Waals surface area (Å²) in [6.07, 6.45) is 9.80. The third kappa shape index (κ3) is 5.56. The van der Waals surface area contributed by atoms with Crippen LogP contribution < -0.4 is 5.32 Å². The van der Waals surface area contributed by atoms with Crippen LogP contribution in [-0.2, 0) is 0 Å². The number of likely N-dealkylation sites (tertiary alicyclic amines) is 1. The van der Waals surface area contributed by atoms with Crippen LogP contribution >= 0.6 is 0 Å². The van der Waals surface area contributed by atoms with Crippen molar-refractivity contribution in [3.8, 4) is 0 Å². The summed E-state index contributed by atoms with van der Waals surface area (Å²) in [5.41, 5.74) is 0. The normalized spacial score (nSPS) is 29.0. The fraction of sp³-hybridized carbons (Fsp3) is 1.00. The van der Waals surface area contributed by atoms with Crippen molar-refractivity contribution < 1.29 is 0 Å². The minimum Gasteiger partial charge on any atom is -0.313 e. The van der Waals surface area contributed by atoms with Gasteiger partial charge in [-0.15, -0.1) is 0 Å². The monoisotopic (exact) mass is 294 g/mol. The topological polar surface area (TPSA) is 15.3 Å². The molecule has 1 aliphatic carbocycles. The van der Waals surface area contributed by atoms with Gasteiger partial charge in [0.2, 0.25) is 0 Å². The van der Waals surface area contributed by atoms with Crippen LogP contribution in [0.15, 0.2) is 0 Å². The summed E-state index contributed by atoms with van der Waals surface area (Å²) in [5.74, 6) is 2.76. The summed E-state index contributed by atoms with van der Waals surface area (Å²) in [5, 5.41) is 3.87. The smallest absolute Gasteiger partial charge is 0.0198 e. The Morgan fingerprint density at radius 1 is 1.14 bits per heavy atom. The SMILES string of the molecule is CCCC1CC(NCCC(C)C)CN(C(CC)C2CC2)C1. The van der Waals surface area contributed by atoms with Gasteiger partial charge in [-0.05, 0) is 62.8 Å². The first-order chi connectivity index (χ1) is 10.1. The first kappa shape index (κ1) is 17.3. The molecular weight excluding hydrogens is 256 g/mol. The molecule has 0 bridgehead atoms. The molecule has 1 saturated heterocycles. The number of hydrogen-bond acceptors (Lipinski definition) is 2. The Morgan fingerprint density at radius 3 is 2.48 bits per heavy atom. The molecule has 3 atom stereocenters. The minimum absolute atomic E-state index is 0.738. The first-order valence-corrected chi connectivity index (χ1v) is 9.61. The molecular formula is C19H38N2. The molecule has 0 aromatic rings. The summed E-state index contributed by atoms with van der Waals surface area (Å²) in [4.78, 5) is 2.86. The van der Waals surface area contributed by atoms with E-state index in [1.807, 2.05) is 0 Å². The fourth-order valence-electron chi connectivity index (χ4n) is 4.22. The lowest BCUT2D eigenvalue weighted by molar-refractivity contribution is 0.0802. The van der Waals surface area contributed by atoms with Crippen LogP contribution in [0.25, 0.3) is 0 Å². The zero-order chi connectivity index (χ0) is 15.2. The Kier molecular flexibility index (Phi) is 7.01. The van der Waals surface area contributed by atoms with Crippen LogP contribution in [0.5, 0.6) is 0 Å². The highest BCUT2D eigenvalue weighted by Gasteiger charge is 2.37. The van der Waals surface area contributed by atoms with Crippen molar-refractivity contribution in [2.24, 2.45) is 17.8 Å². The van der Waals surface area contributed by atoms with E-state index in [1.165, 1.54) is 64.6 Å². The maximum absolute atomic E-state index is 3.87. The van der Waals surface area contributed by atoms with Gasteiger partial charge in [-0.2, -0.15) is 0 Å². The minimum atomic E-state index is 0.738. The fourth-order valence-corrected chi connectivity index (χ4v) is 4.22. The van der Waals surface area contributed by atoms with Crippen LogP contribution in [0, 0.1) is 17.8 Å². The molecule has 21 heavy (non-hydrogen) atoms. The molecule has 0 aromatic carbocycles. The number of rotatable bonds is 9. The lowest BCUT2D eigenvalue weighted by atomic mass is 9.88. The third-order valence-electron chi connectivity index (χ3n) is 5.47.